The van der Waals surface area contributed by atoms with E-state index in [-0.39, 0.29) is 21.3 Å². The summed E-state index contributed by atoms with van der Waals surface area (Å²) in [6.45, 7) is 0. The maximum absolute atomic E-state index is 12.9. The van der Waals surface area contributed by atoms with Crippen LogP contribution in [-0.2, 0) is 19.6 Å². The first-order valence-corrected chi connectivity index (χ1v) is 10.8. The predicted molar refractivity (Wildman–Crippen MR) is 119 cm³/mol. The first kappa shape index (κ1) is 22.2. The Balaban J connectivity index is 1.90. The number of nitrogens with one attached hydrogen (secondary N) is 2. The summed E-state index contributed by atoms with van der Waals surface area (Å²) in [6, 6.07) is 17.1. The zero-order chi connectivity index (χ0) is 22.4. The molecule has 0 spiro atoms. The van der Waals surface area contributed by atoms with Crippen molar-refractivity contribution in [1.82, 2.24) is 4.98 Å². The van der Waals surface area contributed by atoms with Crippen molar-refractivity contribution >= 4 is 50.9 Å². The topological polar surface area (TPSA) is 131 Å². The van der Waals surface area contributed by atoms with Gasteiger partial charge >= 0.3 is 0 Å². The normalized spacial score (nSPS) is 11.6. The van der Waals surface area contributed by atoms with Gasteiger partial charge in [-0.15, -0.1) is 0 Å². The van der Waals surface area contributed by atoms with Gasteiger partial charge < -0.3 is 10.6 Å². The number of nitrogens with zero attached hydrogens (tertiary/aromatic N) is 1. The maximum atomic E-state index is 12.9. The molecule has 2 aromatic carbocycles. The molecule has 0 aliphatic rings. The van der Waals surface area contributed by atoms with Crippen LogP contribution in [0.5, 0.6) is 0 Å². The van der Waals surface area contributed by atoms with Crippen molar-refractivity contribution < 1.29 is 18.0 Å². The Morgan fingerprint density at radius 2 is 1.45 bits per heavy atom. The van der Waals surface area contributed by atoms with Gasteiger partial charge in [-0.1, -0.05) is 35.9 Å². The number of carbonyl (C=O) groups excluding carboxylic acids is 2. The number of nitrogens with two attached hydrogens (primary N) is 1. The Morgan fingerprint density at radius 1 is 0.871 bits per heavy atom. The van der Waals surface area contributed by atoms with Crippen LogP contribution in [0, 0.1) is 0 Å². The van der Waals surface area contributed by atoms with Gasteiger partial charge in [-0.3, -0.25) is 9.59 Å². The molecule has 0 aliphatic heterocycles. The number of pyridine rings is 1. The number of para-hydroxylation sites is 1. The van der Waals surface area contributed by atoms with Gasteiger partial charge in [0.25, 0.3) is 11.8 Å². The lowest BCUT2D eigenvalue weighted by molar-refractivity contribution is -0.118. The lowest BCUT2D eigenvalue weighted by Gasteiger charge is -2.11. The van der Waals surface area contributed by atoms with Gasteiger partial charge in [0.1, 0.15) is 10.7 Å². The molecule has 3 aromatic rings. The molecule has 31 heavy (non-hydrogen) atoms. The van der Waals surface area contributed by atoms with E-state index >= 15 is 0 Å². The minimum atomic E-state index is -3.87. The average Bonchev–Trinajstić information content (AvgIpc) is 2.73. The van der Waals surface area contributed by atoms with Crippen molar-refractivity contribution in [3.05, 3.63) is 89.2 Å². The van der Waals surface area contributed by atoms with E-state index < -0.39 is 21.8 Å². The second-order valence-electron chi connectivity index (χ2n) is 6.29. The zero-order valence-corrected chi connectivity index (χ0v) is 17.5. The number of primary sulfonamides is 1. The van der Waals surface area contributed by atoms with Crippen LogP contribution in [0.1, 0.15) is 5.56 Å². The summed E-state index contributed by atoms with van der Waals surface area (Å²) >= 11 is 6.07. The minimum absolute atomic E-state index is 0.106. The summed E-state index contributed by atoms with van der Waals surface area (Å²) in [5, 5.41) is 10.4. The number of rotatable bonds is 6. The van der Waals surface area contributed by atoms with Crippen molar-refractivity contribution in [1.29, 1.82) is 0 Å². The third-order valence-corrected chi connectivity index (χ3v) is 5.29. The second-order valence-corrected chi connectivity index (χ2v) is 8.20. The highest BCUT2D eigenvalue weighted by atomic mass is 35.5. The number of benzene rings is 2. The summed E-state index contributed by atoms with van der Waals surface area (Å²) in [6.07, 6.45) is 2.80. The van der Waals surface area contributed by atoms with Crippen molar-refractivity contribution in [2.45, 2.75) is 4.90 Å². The molecule has 0 fully saturated rings. The molecule has 1 aromatic heterocycles. The number of hydrogen-bond donors (Lipinski definition) is 3. The molecule has 10 heteroatoms. The van der Waals surface area contributed by atoms with E-state index in [4.69, 9.17) is 16.7 Å². The standard InChI is InChI=1S/C21H17ClN4O4S/c22-19-14(5-4-12-24-19)13-18(20(27)25-15-6-2-1-3-7-15)21(28)26-16-8-10-17(11-9-16)31(23,29)30/h1-13H,(H,25,27)(H,26,28)(H2,23,29,30)/b18-13-. The molecule has 0 atom stereocenters. The number of carbonyl (C=O) groups is 2. The van der Waals surface area contributed by atoms with E-state index in [0.29, 0.717) is 11.3 Å². The second kappa shape index (κ2) is 9.52. The fourth-order valence-corrected chi connectivity index (χ4v) is 3.23. The van der Waals surface area contributed by atoms with Crippen LogP contribution in [0.4, 0.5) is 11.4 Å². The van der Waals surface area contributed by atoms with Crippen molar-refractivity contribution in [3.63, 3.8) is 0 Å². The molecule has 0 radical (unpaired) electrons. The Kier molecular flexibility index (Phi) is 6.81. The van der Waals surface area contributed by atoms with Crippen molar-refractivity contribution in [3.8, 4) is 0 Å². The quantitative estimate of drug-likeness (QED) is 0.227. The lowest BCUT2D eigenvalue weighted by Crippen LogP contribution is -2.25. The molecular weight excluding hydrogens is 440 g/mol. The molecule has 0 aliphatic carbocycles. The smallest absolute Gasteiger partial charge is 0.261 e. The van der Waals surface area contributed by atoms with Gasteiger partial charge in [0.15, 0.2) is 0 Å². The maximum Gasteiger partial charge on any atom is 0.261 e. The highest BCUT2D eigenvalue weighted by Crippen LogP contribution is 2.19. The molecule has 0 saturated heterocycles. The highest BCUT2D eigenvalue weighted by molar-refractivity contribution is 7.89. The fraction of sp³-hybridized carbons (Fsp3) is 0. The largest absolute Gasteiger partial charge is 0.322 e. The summed E-state index contributed by atoms with van der Waals surface area (Å²) in [7, 11) is -3.87. The first-order chi connectivity index (χ1) is 14.7. The summed E-state index contributed by atoms with van der Waals surface area (Å²) in [5.41, 5.74) is 0.922. The Bertz CT molecular complexity index is 1240. The number of aromatic nitrogens is 1. The molecule has 0 unspecified atom stereocenters. The van der Waals surface area contributed by atoms with E-state index in [9.17, 15) is 18.0 Å². The Labute approximate surface area is 183 Å². The monoisotopic (exact) mass is 456 g/mol. The van der Waals surface area contributed by atoms with Crippen LogP contribution >= 0.6 is 11.6 Å². The highest BCUT2D eigenvalue weighted by Gasteiger charge is 2.20. The molecule has 1 heterocycles. The van der Waals surface area contributed by atoms with Crippen molar-refractivity contribution in [2.75, 3.05) is 10.6 Å². The van der Waals surface area contributed by atoms with Gasteiger partial charge in [0.05, 0.1) is 4.90 Å². The number of sulfonamides is 1. The van der Waals surface area contributed by atoms with E-state index in [1.54, 1.807) is 42.5 Å². The molecule has 158 valence electrons. The lowest BCUT2D eigenvalue weighted by atomic mass is 10.1. The van der Waals surface area contributed by atoms with Gasteiger partial charge in [-0.2, -0.15) is 0 Å². The van der Waals surface area contributed by atoms with Gasteiger partial charge in [0, 0.05) is 23.1 Å². The number of hydrogen-bond acceptors (Lipinski definition) is 5. The summed E-state index contributed by atoms with van der Waals surface area (Å²) < 4.78 is 22.8. The molecule has 8 nitrogen and oxygen atoms in total. The van der Waals surface area contributed by atoms with Crippen molar-refractivity contribution in [2.24, 2.45) is 5.14 Å². The summed E-state index contributed by atoms with van der Waals surface area (Å²) in [5.74, 6) is -1.39. The van der Waals surface area contributed by atoms with Gasteiger partial charge in [-0.05, 0) is 48.5 Å². The zero-order valence-electron chi connectivity index (χ0n) is 15.9. The molecular formula is C21H17ClN4O4S. The first-order valence-electron chi connectivity index (χ1n) is 8.87. The predicted octanol–water partition coefficient (Wildman–Crippen LogP) is 3.04. The van der Waals surface area contributed by atoms with E-state index in [0.717, 1.165) is 0 Å². The van der Waals surface area contributed by atoms with Crippen LogP contribution in [0.25, 0.3) is 6.08 Å². The van der Waals surface area contributed by atoms with Gasteiger partial charge in [0.2, 0.25) is 10.0 Å². The molecule has 4 N–H and O–H groups in total. The minimum Gasteiger partial charge on any atom is -0.322 e. The van der Waals surface area contributed by atoms with Crippen LogP contribution in [0.15, 0.2) is 83.4 Å². The van der Waals surface area contributed by atoms with E-state index in [1.165, 1.54) is 36.5 Å². The van der Waals surface area contributed by atoms with Crippen LogP contribution < -0.4 is 15.8 Å². The van der Waals surface area contributed by atoms with Crippen LogP contribution in [0.2, 0.25) is 5.15 Å². The molecule has 3 rings (SSSR count). The SMILES string of the molecule is NS(=O)(=O)c1ccc(NC(=O)/C(=C\c2cccnc2Cl)C(=O)Nc2ccccc2)cc1. The average molecular weight is 457 g/mol. The van der Waals surface area contributed by atoms with Gasteiger partial charge in [-0.25, -0.2) is 18.5 Å². The number of halogens is 1. The number of anilines is 2. The van der Waals surface area contributed by atoms with E-state index in [1.807, 2.05) is 0 Å². The third-order valence-electron chi connectivity index (χ3n) is 4.05. The van der Waals surface area contributed by atoms with Crippen LogP contribution in [-0.4, -0.2) is 25.2 Å². The fourth-order valence-electron chi connectivity index (χ4n) is 2.54. The Morgan fingerprint density at radius 3 is 2.00 bits per heavy atom. The molecule has 0 bridgehead atoms. The molecule has 0 saturated carbocycles. The summed E-state index contributed by atoms with van der Waals surface area (Å²) in [4.78, 5) is 29.6. The van der Waals surface area contributed by atoms with E-state index in [2.05, 4.69) is 15.6 Å². The Hall–Kier alpha value is -3.53. The molecule has 2 amide bonds. The van der Waals surface area contributed by atoms with Crippen LogP contribution in [0.3, 0.4) is 0 Å². The number of amides is 2. The third kappa shape index (κ3) is 5.98.